The minimum atomic E-state index is -3.64. The standard InChI is InChI=1S/C12H13ClN2O3S/c1-8(7-16)15-19(17,18)10-3-4-11-9(6-10)2-5-12(13)14-11/h2-6,8,15-16H,7H2,1H3. The summed E-state index contributed by atoms with van der Waals surface area (Å²) in [6.45, 7) is 1.32. The van der Waals surface area contributed by atoms with E-state index < -0.39 is 16.1 Å². The lowest BCUT2D eigenvalue weighted by Gasteiger charge is -2.11. The van der Waals surface area contributed by atoms with Crippen LogP contribution in [0.3, 0.4) is 0 Å². The molecular weight excluding hydrogens is 288 g/mol. The number of halogens is 1. The van der Waals surface area contributed by atoms with Crippen LogP contribution in [0.4, 0.5) is 0 Å². The van der Waals surface area contributed by atoms with Crippen molar-refractivity contribution in [3.8, 4) is 0 Å². The molecule has 1 aromatic heterocycles. The Hall–Kier alpha value is -1.21. The van der Waals surface area contributed by atoms with Gasteiger partial charge in [0.2, 0.25) is 10.0 Å². The number of aliphatic hydroxyl groups is 1. The summed E-state index contributed by atoms with van der Waals surface area (Å²) in [6.07, 6.45) is 0. The summed E-state index contributed by atoms with van der Waals surface area (Å²) in [4.78, 5) is 4.22. The summed E-state index contributed by atoms with van der Waals surface area (Å²) in [7, 11) is -3.64. The van der Waals surface area contributed by atoms with Crippen molar-refractivity contribution in [3.63, 3.8) is 0 Å². The number of fused-ring (bicyclic) bond motifs is 1. The van der Waals surface area contributed by atoms with Crippen molar-refractivity contribution < 1.29 is 13.5 Å². The average molecular weight is 301 g/mol. The second kappa shape index (κ2) is 5.42. The molecule has 0 amide bonds. The Morgan fingerprint density at radius 1 is 1.37 bits per heavy atom. The first kappa shape index (κ1) is 14.2. The molecule has 1 atom stereocenters. The zero-order valence-electron chi connectivity index (χ0n) is 10.2. The lowest BCUT2D eigenvalue weighted by atomic mass is 10.2. The van der Waals surface area contributed by atoms with E-state index in [1.165, 1.54) is 12.1 Å². The van der Waals surface area contributed by atoms with Crippen molar-refractivity contribution in [1.82, 2.24) is 9.71 Å². The van der Waals surface area contributed by atoms with Gasteiger partial charge in [-0.25, -0.2) is 18.1 Å². The Labute approximate surface area is 116 Å². The molecule has 0 aliphatic rings. The Balaban J connectivity index is 2.43. The molecule has 0 aliphatic carbocycles. The first-order chi connectivity index (χ1) is 8.92. The molecule has 0 radical (unpaired) electrons. The lowest BCUT2D eigenvalue weighted by Crippen LogP contribution is -2.34. The maximum atomic E-state index is 12.0. The zero-order valence-corrected chi connectivity index (χ0v) is 11.7. The number of nitrogens with one attached hydrogen (secondary N) is 1. The molecule has 0 fully saturated rings. The van der Waals surface area contributed by atoms with Gasteiger partial charge in [0.25, 0.3) is 0 Å². The fourth-order valence-corrected chi connectivity index (χ4v) is 3.04. The van der Waals surface area contributed by atoms with Crippen LogP contribution in [0.1, 0.15) is 6.92 Å². The molecule has 0 saturated carbocycles. The molecule has 1 aromatic carbocycles. The second-order valence-electron chi connectivity index (χ2n) is 4.19. The summed E-state index contributed by atoms with van der Waals surface area (Å²) in [5.74, 6) is 0. The number of sulfonamides is 1. The van der Waals surface area contributed by atoms with Gasteiger partial charge in [0.05, 0.1) is 17.0 Å². The molecule has 2 aromatic rings. The SMILES string of the molecule is CC(CO)NS(=O)(=O)c1ccc2nc(Cl)ccc2c1. The first-order valence-electron chi connectivity index (χ1n) is 5.62. The monoisotopic (exact) mass is 300 g/mol. The third-order valence-electron chi connectivity index (χ3n) is 2.57. The highest BCUT2D eigenvalue weighted by Crippen LogP contribution is 2.19. The van der Waals surface area contributed by atoms with Crippen LogP contribution in [0.25, 0.3) is 10.9 Å². The Bertz CT molecular complexity index is 703. The van der Waals surface area contributed by atoms with Crippen LogP contribution in [0.5, 0.6) is 0 Å². The third kappa shape index (κ3) is 3.22. The quantitative estimate of drug-likeness (QED) is 0.840. The molecular formula is C12H13ClN2O3S. The number of benzene rings is 1. The molecule has 102 valence electrons. The van der Waals surface area contributed by atoms with Crippen molar-refractivity contribution >= 4 is 32.5 Å². The van der Waals surface area contributed by atoms with Gasteiger partial charge in [-0.05, 0) is 37.3 Å². The first-order valence-corrected chi connectivity index (χ1v) is 7.48. The number of hydrogen-bond acceptors (Lipinski definition) is 4. The van der Waals surface area contributed by atoms with E-state index in [1.54, 1.807) is 25.1 Å². The summed E-state index contributed by atoms with van der Waals surface area (Å²) in [5, 5.41) is 9.94. The second-order valence-corrected chi connectivity index (χ2v) is 6.29. The Morgan fingerprint density at radius 2 is 2.11 bits per heavy atom. The average Bonchev–Trinajstić information content (AvgIpc) is 2.37. The van der Waals surface area contributed by atoms with E-state index >= 15 is 0 Å². The van der Waals surface area contributed by atoms with E-state index in [0.29, 0.717) is 16.1 Å². The predicted octanol–water partition coefficient (Wildman–Crippen LogP) is 1.55. The predicted molar refractivity (Wildman–Crippen MR) is 73.6 cm³/mol. The number of rotatable bonds is 4. The molecule has 2 rings (SSSR count). The van der Waals surface area contributed by atoms with Gasteiger partial charge in [0.1, 0.15) is 5.15 Å². The fourth-order valence-electron chi connectivity index (χ4n) is 1.62. The number of aliphatic hydroxyl groups excluding tert-OH is 1. The van der Waals surface area contributed by atoms with E-state index in [1.807, 2.05) is 0 Å². The normalized spacial score (nSPS) is 13.6. The molecule has 7 heteroatoms. The molecule has 19 heavy (non-hydrogen) atoms. The molecule has 0 saturated heterocycles. The minimum absolute atomic E-state index is 0.129. The molecule has 1 heterocycles. The van der Waals surface area contributed by atoms with Crippen LogP contribution < -0.4 is 4.72 Å². The zero-order chi connectivity index (χ0) is 14.0. The number of aromatic nitrogens is 1. The van der Waals surface area contributed by atoms with Gasteiger partial charge < -0.3 is 5.11 Å². The van der Waals surface area contributed by atoms with Crippen molar-refractivity contribution in [2.75, 3.05) is 6.61 Å². The van der Waals surface area contributed by atoms with Gasteiger partial charge in [-0.2, -0.15) is 0 Å². The van der Waals surface area contributed by atoms with Crippen LogP contribution in [-0.2, 0) is 10.0 Å². The van der Waals surface area contributed by atoms with Crippen molar-refractivity contribution in [3.05, 3.63) is 35.5 Å². The van der Waals surface area contributed by atoms with Gasteiger partial charge in [0, 0.05) is 11.4 Å². The fraction of sp³-hybridized carbons (Fsp3) is 0.250. The van der Waals surface area contributed by atoms with Crippen molar-refractivity contribution in [2.45, 2.75) is 17.9 Å². The molecule has 1 unspecified atom stereocenters. The van der Waals surface area contributed by atoms with Crippen LogP contribution in [0.15, 0.2) is 35.2 Å². The smallest absolute Gasteiger partial charge is 0.240 e. The highest BCUT2D eigenvalue weighted by atomic mass is 35.5. The van der Waals surface area contributed by atoms with E-state index in [-0.39, 0.29) is 11.5 Å². The van der Waals surface area contributed by atoms with Crippen LogP contribution in [0, 0.1) is 0 Å². The molecule has 0 bridgehead atoms. The van der Waals surface area contributed by atoms with Crippen LogP contribution >= 0.6 is 11.6 Å². The maximum Gasteiger partial charge on any atom is 0.240 e. The van der Waals surface area contributed by atoms with Gasteiger partial charge in [-0.15, -0.1) is 0 Å². The summed E-state index contributed by atoms with van der Waals surface area (Å²) in [6, 6.07) is 7.34. The van der Waals surface area contributed by atoms with Crippen LogP contribution in [0.2, 0.25) is 5.15 Å². The topological polar surface area (TPSA) is 79.3 Å². The highest BCUT2D eigenvalue weighted by molar-refractivity contribution is 7.89. The van der Waals surface area contributed by atoms with Gasteiger partial charge in [-0.3, -0.25) is 0 Å². The van der Waals surface area contributed by atoms with E-state index in [2.05, 4.69) is 9.71 Å². The van der Waals surface area contributed by atoms with E-state index in [0.717, 1.165) is 0 Å². The number of pyridine rings is 1. The largest absolute Gasteiger partial charge is 0.395 e. The van der Waals surface area contributed by atoms with E-state index in [9.17, 15) is 8.42 Å². The van der Waals surface area contributed by atoms with Gasteiger partial charge in [0.15, 0.2) is 0 Å². The summed E-state index contributed by atoms with van der Waals surface area (Å²) < 4.78 is 26.5. The maximum absolute atomic E-state index is 12.0. The minimum Gasteiger partial charge on any atom is -0.395 e. The Kier molecular flexibility index (Phi) is 4.05. The van der Waals surface area contributed by atoms with E-state index in [4.69, 9.17) is 16.7 Å². The van der Waals surface area contributed by atoms with Crippen molar-refractivity contribution in [2.24, 2.45) is 0 Å². The highest BCUT2D eigenvalue weighted by Gasteiger charge is 2.17. The number of hydrogen-bond donors (Lipinski definition) is 2. The Morgan fingerprint density at radius 3 is 2.79 bits per heavy atom. The molecule has 0 aliphatic heterocycles. The lowest BCUT2D eigenvalue weighted by molar-refractivity contribution is 0.265. The molecule has 0 spiro atoms. The van der Waals surface area contributed by atoms with Crippen LogP contribution in [-0.4, -0.2) is 31.2 Å². The van der Waals surface area contributed by atoms with Gasteiger partial charge >= 0.3 is 0 Å². The summed E-state index contributed by atoms with van der Waals surface area (Å²) in [5.41, 5.74) is 0.627. The molecule has 5 nitrogen and oxygen atoms in total. The third-order valence-corrected chi connectivity index (χ3v) is 4.36. The summed E-state index contributed by atoms with van der Waals surface area (Å²) >= 11 is 5.77. The number of nitrogens with zero attached hydrogens (tertiary/aromatic N) is 1. The molecule has 2 N–H and O–H groups in total. The van der Waals surface area contributed by atoms with Crippen molar-refractivity contribution in [1.29, 1.82) is 0 Å². The van der Waals surface area contributed by atoms with Gasteiger partial charge in [-0.1, -0.05) is 11.6 Å².